The van der Waals surface area contributed by atoms with Crippen molar-refractivity contribution in [1.82, 2.24) is 4.90 Å². The Balaban J connectivity index is 1.97. The van der Waals surface area contributed by atoms with E-state index in [1.54, 1.807) is 0 Å². The highest BCUT2D eigenvalue weighted by Crippen LogP contribution is 2.31. The molecule has 0 N–H and O–H groups in total. The van der Waals surface area contributed by atoms with Crippen LogP contribution >= 0.6 is 0 Å². The van der Waals surface area contributed by atoms with Crippen LogP contribution in [0, 0.1) is 5.92 Å². The highest BCUT2D eigenvalue weighted by molar-refractivity contribution is 5.77. The smallest absolute Gasteiger partial charge is 0.329 e. The minimum Gasteiger partial charge on any atom is -0.458 e. The summed E-state index contributed by atoms with van der Waals surface area (Å²) in [6.07, 6.45) is 5.11. The molecule has 14 heavy (non-hydrogen) atoms. The van der Waals surface area contributed by atoms with Crippen LogP contribution in [0.4, 0.5) is 0 Å². The maximum Gasteiger partial charge on any atom is 0.329 e. The average molecular weight is 195 g/mol. The molecular weight excluding hydrogens is 178 g/mol. The number of hydrogen-bond acceptors (Lipinski definition) is 3. The van der Waals surface area contributed by atoms with Gasteiger partial charge in [-0.3, -0.25) is 0 Å². The van der Waals surface area contributed by atoms with Crippen LogP contribution < -0.4 is 0 Å². The molecule has 0 aliphatic carbocycles. The number of carbonyl (C=O) groups is 1. The number of hydrogen-bond donors (Lipinski definition) is 0. The largest absolute Gasteiger partial charge is 0.458 e. The van der Waals surface area contributed by atoms with E-state index < -0.39 is 0 Å². The Morgan fingerprint density at radius 2 is 2.21 bits per heavy atom. The molecule has 2 aliphatic rings. The first kappa shape index (κ1) is 9.56. The number of rotatable bonds is 1. The van der Waals surface area contributed by atoms with E-state index in [0.717, 1.165) is 13.0 Å². The summed E-state index contributed by atoms with van der Waals surface area (Å²) in [5.41, 5.74) is -0.371. The van der Waals surface area contributed by atoms with Gasteiger partial charge in [0.05, 0.1) is 0 Å². The SMILES string of the molecule is CC(C)(C)OC(=O)C1CC2C=CN1C2. The molecule has 2 aliphatic heterocycles. The fourth-order valence-electron chi connectivity index (χ4n) is 2.03. The first-order valence-electron chi connectivity index (χ1n) is 5.13. The van der Waals surface area contributed by atoms with Gasteiger partial charge in [0.2, 0.25) is 0 Å². The lowest BCUT2D eigenvalue weighted by atomic mass is 10.0. The molecule has 0 amide bonds. The Bertz CT molecular complexity index is 278. The first-order valence-corrected chi connectivity index (χ1v) is 5.13. The predicted molar refractivity (Wildman–Crippen MR) is 53.6 cm³/mol. The second kappa shape index (κ2) is 3.01. The minimum absolute atomic E-state index is 0.0378. The van der Waals surface area contributed by atoms with Crippen molar-refractivity contribution in [2.24, 2.45) is 5.92 Å². The lowest BCUT2D eigenvalue weighted by Crippen LogP contribution is -2.38. The highest BCUT2D eigenvalue weighted by Gasteiger charge is 2.39. The summed E-state index contributed by atoms with van der Waals surface area (Å²) in [6.45, 7) is 6.71. The number of nitrogens with zero attached hydrogens (tertiary/aromatic N) is 1. The molecule has 3 nitrogen and oxygen atoms in total. The summed E-state index contributed by atoms with van der Waals surface area (Å²) < 4.78 is 5.36. The zero-order valence-electron chi connectivity index (χ0n) is 8.99. The van der Waals surface area contributed by atoms with E-state index in [1.807, 2.05) is 27.0 Å². The predicted octanol–water partition coefficient (Wildman–Crippen LogP) is 1.55. The third-order valence-corrected chi connectivity index (χ3v) is 2.60. The van der Waals surface area contributed by atoms with Gasteiger partial charge in [-0.15, -0.1) is 0 Å². The van der Waals surface area contributed by atoms with E-state index in [4.69, 9.17) is 4.74 Å². The van der Waals surface area contributed by atoms with Gasteiger partial charge in [-0.1, -0.05) is 6.08 Å². The second-order valence-electron chi connectivity index (χ2n) is 5.08. The van der Waals surface area contributed by atoms with Gasteiger partial charge in [0, 0.05) is 6.54 Å². The molecule has 2 heterocycles. The van der Waals surface area contributed by atoms with Crippen molar-refractivity contribution in [2.45, 2.75) is 38.8 Å². The van der Waals surface area contributed by atoms with E-state index in [9.17, 15) is 4.79 Å². The summed E-state index contributed by atoms with van der Waals surface area (Å²) in [7, 11) is 0. The molecule has 0 aromatic carbocycles. The van der Waals surface area contributed by atoms with E-state index >= 15 is 0 Å². The summed E-state index contributed by atoms with van der Waals surface area (Å²) in [4.78, 5) is 13.8. The van der Waals surface area contributed by atoms with Gasteiger partial charge in [0.15, 0.2) is 0 Å². The molecule has 2 rings (SSSR count). The van der Waals surface area contributed by atoms with Gasteiger partial charge in [-0.05, 0) is 39.3 Å². The maximum atomic E-state index is 11.8. The standard InChI is InChI=1S/C11H17NO2/c1-11(2,3)14-10(13)9-6-8-4-5-12(9)7-8/h4-5,8-9H,6-7H2,1-3H3. The summed E-state index contributed by atoms with van der Waals surface area (Å²) in [6, 6.07) is -0.0378. The van der Waals surface area contributed by atoms with Gasteiger partial charge in [-0.25, -0.2) is 4.79 Å². The number of ether oxygens (including phenoxy) is 1. The van der Waals surface area contributed by atoms with Crippen molar-refractivity contribution in [3.05, 3.63) is 12.3 Å². The van der Waals surface area contributed by atoms with Crippen molar-refractivity contribution < 1.29 is 9.53 Å². The number of carbonyl (C=O) groups excluding carboxylic acids is 1. The van der Waals surface area contributed by atoms with Crippen LogP contribution in [0.3, 0.4) is 0 Å². The third-order valence-electron chi connectivity index (χ3n) is 2.60. The van der Waals surface area contributed by atoms with Crippen LogP contribution in [0.2, 0.25) is 0 Å². The molecule has 0 saturated carbocycles. The quantitative estimate of drug-likeness (QED) is 0.594. The molecule has 0 aromatic rings. The second-order valence-corrected chi connectivity index (χ2v) is 5.08. The van der Waals surface area contributed by atoms with E-state index in [0.29, 0.717) is 5.92 Å². The van der Waals surface area contributed by atoms with Crippen LogP contribution in [0.5, 0.6) is 0 Å². The van der Waals surface area contributed by atoms with E-state index in [-0.39, 0.29) is 17.6 Å². The molecule has 1 fully saturated rings. The van der Waals surface area contributed by atoms with Crippen LogP contribution in [0.1, 0.15) is 27.2 Å². The number of esters is 1. The fraction of sp³-hybridized carbons (Fsp3) is 0.727. The fourth-order valence-corrected chi connectivity index (χ4v) is 2.03. The number of fused-ring (bicyclic) bond motifs is 2. The molecule has 2 atom stereocenters. The molecular formula is C11H17NO2. The maximum absolute atomic E-state index is 11.8. The topological polar surface area (TPSA) is 29.5 Å². The monoisotopic (exact) mass is 195 g/mol. The van der Waals surface area contributed by atoms with Gasteiger partial charge < -0.3 is 9.64 Å². The Morgan fingerprint density at radius 1 is 1.50 bits per heavy atom. The van der Waals surface area contributed by atoms with Gasteiger partial charge in [0.25, 0.3) is 0 Å². The third kappa shape index (κ3) is 1.76. The van der Waals surface area contributed by atoms with Crippen molar-refractivity contribution in [3.63, 3.8) is 0 Å². The van der Waals surface area contributed by atoms with Gasteiger partial charge in [0.1, 0.15) is 11.6 Å². The highest BCUT2D eigenvalue weighted by atomic mass is 16.6. The molecule has 3 heteroatoms. The Kier molecular flexibility index (Phi) is 2.05. The summed E-state index contributed by atoms with van der Waals surface area (Å²) in [5.74, 6) is 0.483. The van der Waals surface area contributed by atoms with Gasteiger partial charge >= 0.3 is 5.97 Å². The Labute approximate surface area is 84.7 Å². The normalized spacial score (nSPS) is 29.8. The molecule has 2 bridgehead atoms. The van der Waals surface area contributed by atoms with E-state index in [2.05, 4.69) is 11.0 Å². The van der Waals surface area contributed by atoms with Crippen molar-refractivity contribution in [2.75, 3.05) is 6.54 Å². The van der Waals surface area contributed by atoms with E-state index in [1.165, 1.54) is 0 Å². The molecule has 0 spiro atoms. The molecule has 0 radical (unpaired) electrons. The summed E-state index contributed by atoms with van der Waals surface area (Å²) in [5, 5.41) is 0. The Hall–Kier alpha value is -0.990. The molecule has 78 valence electrons. The molecule has 2 unspecified atom stereocenters. The zero-order valence-corrected chi connectivity index (χ0v) is 8.99. The molecule has 0 aromatic heterocycles. The lowest BCUT2D eigenvalue weighted by Gasteiger charge is -2.26. The van der Waals surface area contributed by atoms with Crippen molar-refractivity contribution >= 4 is 5.97 Å². The van der Waals surface area contributed by atoms with Crippen molar-refractivity contribution in [3.8, 4) is 0 Å². The summed E-state index contributed by atoms with van der Waals surface area (Å²) >= 11 is 0. The zero-order chi connectivity index (χ0) is 10.3. The average Bonchev–Trinajstić information content (AvgIpc) is 2.59. The Morgan fingerprint density at radius 3 is 2.64 bits per heavy atom. The first-order chi connectivity index (χ1) is 6.46. The van der Waals surface area contributed by atoms with Crippen LogP contribution in [0.25, 0.3) is 0 Å². The van der Waals surface area contributed by atoms with Crippen LogP contribution in [-0.4, -0.2) is 29.1 Å². The minimum atomic E-state index is -0.371. The van der Waals surface area contributed by atoms with Crippen LogP contribution in [-0.2, 0) is 9.53 Å². The van der Waals surface area contributed by atoms with Gasteiger partial charge in [-0.2, -0.15) is 0 Å². The van der Waals surface area contributed by atoms with Crippen molar-refractivity contribution in [1.29, 1.82) is 0 Å². The van der Waals surface area contributed by atoms with Crippen LogP contribution in [0.15, 0.2) is 12.3 Å². The molecule has 1 saturated heterocycles. The lowest BCUT2D eigenvalue weighted by molar-refractivity contribution is -0.159.